The SMILES string of the molecule is COc1ccc(C2=C(O)C(=O)N(Cc3ccc(OC)cc3OC)C2c2ccc(F)cc2)cc1. The van der Waals surface area contributed by atoms with Crippen molar-refractivity contribution in [2.75, 3.05) is 21.3 Å². The molecule has 6 nitrogen and oxygen atoms in total. The lowest BCUT2D eigenvalue weighted by Gasteiger charge is -2.28. The molecule has 0 aliphatic carbocycles. The Balaban J connectivity index is 1.79. The molecule has 4 rings (SSSR count). The zero-order valence-corrected chi connectivity index (χ0v) is 18.5. The molecular weight excluding hydrogens is 425 g/mol. The van der Waals surface area contributed by atoms with Gasteiger partial charge in [0.05, 0.1) is 33.9 Å². The van der Waals surface area contributed by atoms with Crippen molar-refractivity contribution in [3.63, 3.8) is 0 Å². The van der Waals surface area contributed by atoms with Gasteiger partial charge in [-0.05, 0) is 47.5 Å². The molecule has 1 aliphatic rings. The number of benzene rings is 3. The number of carbonyl (C=O) groups excluding carboxylic acids is 1. The Morgan fingerprint density at radius 1 is 0.879 bits per heavy atom. The number of amides is 1. The number of halogens is 1. The molecule has 0 saturated heterocycles. The van der Waals surface area contributed by atoms with Crippen LogP contribution in [0.2, 0.25) is 0 Å². The van der Waals surface area contributed by atoms with Crippen LogP contribution in [0.25, 0.3) is 5.57 Å². The van der Waals surface area contributed by atoms with Crippen LogP contribution in [-0.2, 0) is 11.3 Å². The van der Waals surface area contributed by atoms with Gasteiger partial charge in [-0.3, -0.25) is 4.79 Å². The molecule has 1 amide bonds. The van der Waals surface area contributed by atoms with Crippen LogP contribution in [-0.4, -0.2) is 37.2 Å². The highest BCUT2D eigenvalue weighted by Crippen LogP contribution is 2.44. The first-order valence-electron chi connectivity index (χ1n) is 10.3. The second kappa shape index (κ2) is 9.24. The second-order valence-corrected chi connectivity index (χ2v) is 7.56. The van der Waals surface area contributed by atoms with E-state index >= 15 is 0 Å². The van der Waals surface area contributed by atoms with E-state index in [1.54, 1.807) is 74.8 Å². The molecule has 3 aromatic carbocycles. The first-order valence-corrected chi connectivity index (χ1v) is 10.3. The van der Waals surface area contributed by atoms with Crippen LogP contribution >= 0.6 is 0 Å². The molecule has 170 valence electrons. The molecule has 1 heterocycles. The minimum atomic E-state index is -0.627. The number of aliphatic hydroxyl groups excluding tert-OH is 1. The maximum absolute atomic E-state index is 13.7. The van der Waals surface area contributed by atoms with Gasteiger partial charge in [-0.2, -0.15) is 0 Å². The fourth-order valence-electron chi connectivity index (χ4n) is 4.04. The standard InChI is InChI=1S/C26H24FNO5/c1-31-20-11-6-16(7-12-20)23-24(17-4-9-19(27)10-5-17)28(26(30)25(23)29)15-18-8-13-21(32-2)14-22(18)33-3/h4-14,24,29H,15H2,1-3H3. The number of methoxy groups -OCH3 is 3. The summed E-state index contributed by atoms with van der Waals surface area (Å²) < 4.78 is 29.6. The second-order valence-electron chi connectivity index (χ2n) is 7.56. The zero-order chi connectivity index (χ0) is 23.5. The third-order valence-electron chi connectivity index (χ3n) is 5.73. The smallest absolute Gasteiger partial charge is 0.290 e. The molecule has 33 heavy (non-hydrogen) atoms. The van der Waals surface area contributed by atoms with E-state index in [-0.39, 0.29) is 18.1 Å². The van der Waals surface area contributed by atoms with E-state index in [9.17, 15) is 14.3 Å². The summed E-state index contributed by atoms with van der Waals surface area (Å²) in [6.45, 7) is 0.164. The summed E-state index contributed by atoms with van der Waals surface area (Å²) >= 11 is 0. The zero-order valence-electron chi connectivity index (χ0n) is 18.5. The van der Waals surface area contributed by atoms with Gasteiger partial charge in [0.25, 0.3) is 5.91 Å². The Hall–Kier alpha value is -4.00. The van der Waals surface area contributed by atoms with Crippen molar-refractivity contribution in [2.45, 2.75) is 12.6 Å². The van der Waals surface area contributed by atoms with E-state index in [4.69, 9.17) is 14.2 Å². The van der Waals surface area contributed by atoms with Crippen molar-refractivity contribution in [2.24, 2.45) is 0 Å². The van der Waals surface area contributed by atoms with Crippen molar-refractivity contribution in [1.29, 1.82) is 0 Å². The predicted octanol–water partition coefficient (Wildman–Crippen LogP) is 4.90. The summed E-state index contributed by atoms with van der Waals surface area (Å²) in [6.07, 6.45) is 0. The van der Waals surface area contributed by atoms with Crippen LogP contribution in [0.5, 0.6) is 17.2 Å². The number of carbonyl (C=O) groups is 1. The maximum Gasteiger partial charge on any atom is 0.290 e. The van der Waals surface area contributed by atoms with Gasteiger partial charge in [-0.15, -0.1) is 0 Å². The molecule has 1 atom stereocenters. The quantitative estimate of drug-likeness (QED) is 0.556. The minimum absolute atomic E-state index is 0.164. The van der Waals surface area contributed by atoms with Crippen molar-refractivity contribution >= 4 is 11.5 Å². The van der Waals surface area contributed by atoms with Gasteiger partial charge in [-0.25, -0.2) is 4.39 Å². The fourth-order valence-corrected chi connectivity index (χ4v) is 4.04. The van der Waals surface area contributed by atoms with E-state index < -0.39 is 11.9 Å². The summed E-state index contributed by atoms with van der Waals surface area (Å²) in [6, 6.07) is 17.7. The molecule has 0 spiro atoms. The first kappa shape index (κ1) is 22.2. The Morgan fingerprint density at radius 2 is 1.52 bits per heavy atom. The van der Waals surface area contributed by atoms with Crippen molar-refractivity contribution in [3.8, 4) is 17.2 Å². The van der Waals surface area contributed by atoms with E-state index in [2.05, 4.69) is 0 Å². The summed E-state index contributed by atoms with van der Waals surface area (Å²) in [7, 11) is 4.67. The highest BCUT2D eigenvalue weighted by molar-refractivity contribution is 6.05. The minimum Gasteiger partial charge on any atom is -0.503 e. The highest BCUT2D eigenvalue weighted by atomic mass is 19.1. The van der Waals surface area contributed by atoms with Crippen LogP contribution in [0.15, 0.2) is 72.5 Å². The number of aliphatic hydroxyl groups is 1. The van der Waals surface area contributed by atoms with Crippen LogP contribution < -0.4 is 14.2 Å². The molecule has 1 aliphatic heterocycles. The Kier molecular flexibility index (Phi) is 6.22. The number of nitrogens with zero attached hydrogens (tertiary/aromatic N) is 1. The predicted molar refractivity (Wildman–Crippen MR) is 122 cm³/mol. The van der Waals surface area contributed by atoms with Crippen molar-refractivity contribution in [1.82, 2.24) is 4.90 Å². The van der Waals surface area contributed by atoms with E-state index in [0.717, 1.165) is 5.56 Å². The van der Waals surface area contributed by atoms with E-state index in [0.29, 0.717) is 33.9 Å². The molecule has 0 aromatic heterocycles. The van der Waals surface area contributed by atoms with Gasteiger partial charge in [-0.1, -0.05) is 24.3 Å². The first-order chi connectivity index (χ1) is 16.0. The molecular formula is C26H24FNO5. The van der Waals surface area contributed by atoms with Crippen LogP contribution in [0.1, 0.15) is 22.7 Å². The van der Waals surface area contributed by atoms with E-state index in [1.807, 2.05) is 6.07 Å². The summed E-state index contributed by atoms with van der Waals surface area (Å²) in [4.78, 5) is 14.8. The Morgan fingerprint density at radius 3 is 2.12 bits per heavy atom. The molecule has 0 saturated carbocycles. The third kappa shape index (κ3) is 4.22. The molecule has 3 aromatic rings. The molecule has 1 unspecified atom stereocenters. The van der Waals surface area contributed by atoms with Gasteiger partial charge in [0, 0.05) is 17.2 Å². The van der Waals surface area contributed by atoms with E-state index in [1.165, 1.54) is 12.1 Å². The summed E-state index contributed by atoms with van der Waals surface area (Å²) in [5, 5.41) is 10.9. The molecule has 0 fully saturated rings. The van der Waals surface area contributed by atoms with Crippen molar-refractivity contribution in [3.05, 3.63) is 95.0 Å². The lowest BCUT2D eigenvalue weighted by Crippen LogP contribution is -2.30. The van der Waals surface area contributed by atoms with Gasteiger partial charge >= 0.3 is 0 Å². The van der Waals surface area contributed by atoms with Gasteiger partial charge in [0.1, 0.15) is 23.1 Å². The van der Waals surface area contributed by atoms with Crippen LogP contribution in [0.4, 0.5) is 4.39 Å². The van der Waals surface area contributed by atoms with Gasteiger partial charge in [0.2, 0.25) is 0 Å². The molecule has 0 radical (unpaired) electrons. The fraction of sp³-hybridized carbons (Fsp3) is 0.192. The normalized spacial score (nSPS) is 15.7. The van der Waals surface area contributed by atoms with Crippen LogP contribution in [0, 0.1) is 5.82 Å². The summed E-state index contributed by atoms with van der Waals surface area (Å²) in [5.41, 5.74) is 2.52. The van der Waals surface area contributed by atoms with Gasteiger partial charge in [0.15, 0.2) is 5.76 Å². The number of hydrogen-bond acceptors (Lipinski definition) is 5. The average Bonchev–Trinajstić information content (AvgIpc) is 3.09. The average molecular weight is 449 g/mol. The Bertz CT molecular complexity index is 1190. The summed E-state index contributed by atoms with van der Waals surface area (Å²) in [5.74, 6) is 0.581. The molecule has 7 heteroatoms. The van der Waals surface area contributed by atoms with Crippen LogP contribution in [0.3, 0.4) is 0 Å². The largest absolute Gasteiger partial charge is 0.503 e. The Labute approximate surface area is 191 Å². The maximum atomic E-state index is 13.7. The lowest BCUT2D eigenvalue weighted by molar-refractivity contribution is -0.130. The number of hydrogen-bond donors (Lipinski definition) is 1. The lowest BCUT2D eigenvalue weighted by atomic mass is 9.93. The topological polar surface area (TPSA) is 68.2 Å². The third-order valence-corrected chi connectivity index (χ3v) is 5.73. The highest BCUT2D eigenvalue weighted by Gasteiger charge is 2.41. The monoisotopic (exact) mass is 449 g/mol. The molecule has 0 bridgehead atoms. The van der Waals surface area contributed by atoms with Gasteiger partial charge < -0.3 is 24.2 Å². The van der Waals surface area contributed by atoms with Crippen molar-refractivity contribution < 1.29 is 28.5 Å². The number of rotatable bonds is 7. The number of ether oxygens (including phenoxy) is 3. The molecule has 1 N–H and O–H groups in total.